The first-order valence-electron chi connectivity index (χ1n) is 19.2. The molecule has 56 heavy (non-hydrogen) atoms. The van der Waals surface area contributed by atoms with Crippen molar-refractivity contribution in [3.05, 3.63) is 212 Å². The minimum atomic E-state index is 0.726. The highest BCUT2D eigenvalue weighted by atomic mass is 16.3. The molecule has 0 saturated carbocycles. The molecule has 0 bridgehead atoms. The molecule has 0 aliphatic rings. The minimum absolute atomic E-state index is 0.726. The van der Waals surface area contributed by atoms with Crippen molar-refractivity contribution in [3.8, 4) is 27.9 Å². The fourth-order valence-corrected chi connectivity index (χ4v) is 8.57. The van der Waals surface area contributed by atoms with Crippen LogP contribution in [0.4, 0.5) is 11.4 Å². The Kier molecular flexibility index (Phi) is 7.56. The Labute approximate surface area is 324 Å². The SMILES string of the molecule is c1ccc(-n2c3ccccc3c3cc(-c4ccc(N(Cc5cccc6ccccc56)c5ccc(-c6cccc7c6oc6ccccc67)cc5)cc4)ccc32)cc1. The molecule has 3 nitrogen and oxygen atoms in total. The Bertz CT molecular complexity index is 3200. The van der Waals surface area contributed by atoms with Crippen molar-refractivity contribution in [2.45, 2.75) is 6.54 Å². The number of aromatic nitrogens is 1. The molecule has 0 amide bonds. The van der Waals surface area contributed by atoms with E-state index in [0.29, 0.717) is 0 Å². The first-order chi connectivity index (χ1) is 27.8. The van der Waals surface area contributed by atoms with Gasteiger partial charge in [0.05, 0.1) is 11.0 Å². The monoisotopic (exact) mass is 716 g/mol. The highest BCUT2D eigenvalue weighted by Crippen LogP contribution is 2.39. The third-order valence-electron chi connectivity index (χ3n) is 11.3. The van der Waals surface area contributed by atoms with Gasteiger partial charge < -0.3 is 13.9 Å². The fourth-order valence-electron chi connectivity index (χ4n) is 8.57. The summed E-state index contributed by atoms with van der Waals surface area (Å²) in [7, 11) is 0. The first-order valence-corrected chi connectivity index (χ1v) is 19.2. The molecule has 0 atom stereocenters. The summed E-state index contributed by atoms with van der Waals surface area (Å²) >= 11 is 0. The van der Waals surface area contributed by atoms with Crippen molar-refractivity contribution in [1.82, 2.24) is 4.57 Å². The number of nitrogens with zero attached hydrogens (tertiary/aromatic N) is 2. The van der Waals surface area contributed by atoms with Gasteiger partial charge in [-0.1, -0.05) is 146 Å². The second kappa shape index (κ2) is 13.2. The van der Waals surface area contributed by atoms with Crippen LogP contribution in [0.3, 0.4) is 0 Å². The van der Waals surface area contributed by atoms with Crippen LogP contribution in [0.25, 0.3) is 82.5 Å². The number of benzene rings is 9. The normalized spacial score (nSPS) is 11.6. The molecule has 2 heterocycles. The Morgan fingerprint density at radius 2 is 1.02 bits per heavy atom. The third kappa shape index (κ3) is 5.36. The van der Waals surface area contributed by atoms with Gasteiger partial charge in [-0.2, -0.15) is 0 Å². The van der Waals surface area contributed by atoms with Crippen molar-refractivity contribution in [2.24, 2.45) is 0 Å². The largest absolute Gasteiger partial charge is 0.455 e. The zero-order valence-electron chi connectivity index (χ0n) is 30.6. The van der Waals surface area contributed by atoms with Crippen LogP contribution in [-0.4, -0.2) is 4.57 Å². The van der Waals surface area contributed by atoms with E-state index < -0.39 is 0 Å². The lowest BCUT2D eigenvalue weighted by atomic mass is 10.0. The fraction of sp³-hybridized carbons (Fsp3) is 0.0189. The zero-order chi connectivity index (χ0) is 37.0. The number of anilines is 2. The van der Waals surface area contributed by atoms with Crippen LogP contribution in [0.15, 0.2) is 211 Å². The van der Waals surface area contributed by atoms with Crippen LogP contribution in [0, 0.1) is 0 Å². The molecule has 2 aromatic heterocycles. The Morgan fingerprint density at radius 1 is 0.411 bits per heavy atom. The van der Waals surface area contributed by atoms with Crippen molar-refractivity contribution >= 4 is 65.9 Å². The summed E-state index contributed by atoms with van der Waals surface area (Å²) in [6, 6.07) is 74.2. The van der Waals surface area contributed by atoms with Gasteiger partial charge in [-0.25, -0.2) is 0 Å². The summed E-state index contributed by atoms with van der Waals surface area (Å²) in [5, 5.41) is 7.31. The smallest absolute Gasteiger partial charge is 0.143 e. The van der Waals surface area contributed by atoms with E-state index in [2.05, 4.69) is 204 Å². The van der Waals surface area contributed by atoms with Crippen molar-refractivity contribution in [3.63, 3.8) is 0 Å². The number of hydrogen-bond donors (Lipinski definition) is 0. The minimum Gasteiger partial charge on any atom is -0.455 e. The maximum Gasteiger partial charge on any atom is 0.143 e. The van der Waals surface area contributed by atoms with Gasteiger partial charge in [0.15, 0.2) is 0 Å². The quantitative estimate of drug-likeness (QED) is 0.164. The molecule has 0 N–H and O–H groups in total. The van der Waals surface area contributed by atoms with E-state index in [1.807, 2.05) is 12.1 Å². The summed E-state index contributed by atoms with van der Waals surface area (Å²) in [5.74, 6) is 0. The van der Waals surface area contributed by atoms with Gasteiger partial charge in [0, 0.05) is 50.7 Å². The molecule has 0 saturated heterocycles. The molecule has 11 rings (SSSR count). The molecule has 0 fully saturated rings. The standard InChI is InChI=1S/C53H36N2O/c1-2-15-43(16-3-1)55-50-22-8-6-18-46(50)49-34-39(28-33-51(49)55)36-24-29-41(30-25-36)54(35-40-14-10-13-37-12-4-5-17-44(37)40)42-31-26-38(27-32-42)45-20-11-21-48-47-19-7-9-23-52(47)56-53(45)48/h1-34H,35H2. The molecular formula is C53H36N2O. The van der Waals surface area contributed by atoms with Gasteiger partial charge in [0.1, 0.15) is 11.2 Å². The van der Waals surface area contributed by atoms with Crippen molar-refractivity contribution in [1.29, 1.82) is 0 Å². The number of furan rings is 1. The molecule has 0 spiro atoms. The van der Waals surface area contributed by atoms with Gasteiger partial charge in [0.25, 0.3) is 0 Å². The van der Waals surface area contributed by atoms with Crippen LogP contribution in [0.2, 0.25) is 0 Å². The molecule has 264 valence electrons. The summed E-state index contributed by atoms with van der Waals surface area (Å²) in [4.78, 5) is 2.42. The average molecular weight is 717 g/mol. The van der Waals surface area contributed by atoms with Gasteiger partial charge >= 0.3 is 0 Å². The zero-order valence-corrected chi connectivity index (χ0v) is 30.6. The van der Waals surface area contributed by atoms with E-state index in [1.54, 1.807) is 0 Å². The van der Waals surface area contributed by atoms with Gasteiger partial charge in [-0.3, -0.25) is 0 Å². The molecule has 0 aliphatic carbocycles. The van der Waals surface area contributed by atoms with Crippen LogP contribution >= 0.6 is 0 Å². The lowest BCUT2D eigenvalue weighted by Crippen LogP contribution is -2.16. The van der Waals surface area contributed by atoms with E-state index in [9.17, 15) is 0 Å². The average Bonchev–Trinajstić information content (AvgIpc) is 3.82. The second-order valence-corrected chi connectivity index (χ2v) is 14.5. The first kappa shape index (κ1) is 32.1. The highest BCUT2D eigenvalue weighted by molar-refractivity contribution is 6.11. The lowest BCUT2D eigenvalue weighted by molar-refractivity contribution is 0.670. The van der Waals surface area contributed by atoms with Crippen LogP contribution in [0.1, 0.15) is 5.56 Å². The molecule has 9 aromatic carbocycles. The van der Waals surface area contributed by atoms with E-state index in [1.165, 1.54) is 55.0 Å². The van der Waals surface area contributed by atoms with E-state index in [4.69, 9.17) is 4.42 Å². The number of fused-ring (bicyclic) bond motifs is 7. The number of para-hydroxylation sites is 4. The van der Waals surface area contributed by atoms with E-state index in [-0.39, 0.29) is 0 Å². The molecule has 0 radical (unpaired) electrons. The molecule has 0 aliphatic heterocycles. The maximum absolute atomic E-state index is 6.41. The second-order valence-electron chi connectivity index (χ2n) is 14.5. The third-order valence-corrected chi connectivity index (χ3v) is 11.3. The molecular weight excluding hydrogens is 681 g/mol. The van der Waals surface area contributed by atoms with E-state index >= 15 is 0 Å². The van der Waals surface area contributed by atoms with Gasteiger partial charge in [-0.15, -0.1) is 0 Å². The Morgan fingerprint density at radius 3 is 1.84 bits per heavy atom. The summed E-state index contributed by atoms with van der Waals surface area (Å²) < 4.78 is 8.77. The Hall–Kier alpha value is -7.36. The molecule has 11 aromatic rings. The lowest BCUT2D eigenvalue weighted by Gasteiger charge is -2.26. The maximum atomic E-state index is 6.41. The van der Waals surface area contributed by atoms with Gasteiger partial charge in [0.2, 0.25) is 0 Å². The topological polar surface area (TPSA) is 21.3 Å². The van der Waals surface area contributed by atoms with E-state index in [0.717, 1.165) is 51.0 Å². The van der Waals surface area contributed by atoms with Crippen LogP contribution < -0.4 is 4.90 Å². The number of hydrogen-bond acceptors (Lipinski definition) is 2. The predicted octanol–water partition coefficient (Wildman–Crippen LogP) is 14.5. The molecule has 0 unspecified atom stereocenters. The summed E-state index contributed by atoms with van der Waals surface area (Å²) in [6.07, 6.45) is 0. The van der Waals surface area contributed by atoms with Crippen LogP contribution in [0.5, 0.6) is 0 Å². The van der Waals surface area contributed by atoms with Crippen molar-refractivity contribution in [2.75, 3.05) is 4.90 Å². The molecule has 3 heteroatoms. The summed E-state index contributed by atoms with van der Waals surface area (Å²) in [6.45, 7) is 0.726. The number of rotatable bonds is 7. The predicted molar refractivity (Wildman–Crippen MR) is 235 cm³/mol. The van der Waals surface area contributed by atoms with Gasteiger partial charge in [-0.05, 0) is 93.7 Å². The summed E-state index contributed by atoms with van der Waals surface area (Å²) in [5.41, 5.74) is 13.6. The Balaban J connectivity index is 0.984. The highest BCUT2D eigenvalue weighted by Gasteiger charge is 2.17. The van der Waals surface area contributed by atoms with Crippen molar-refractivity contribution < 1.29 is 4.42 Å². The van der Waals surface area contributed by atoms with Crippen LogP contribution in [-0.2, 0) is 6.54 Å².